The zero-order valence-electron chi connectivity index (χ0n) is 9.16. The van der Waals surface area contributed by atoms with E-state index in [4.69, 9.17) is 0 Å². The van der Waals surface area contributed by atoms with Gasteiger partial charge in [-0.15, -0.1) is 12.6 Å². The number of amides is 3. The predicted molar refractivity (Wildman–Crippen MR) is 57.1 cm³/mol. The topological polar surface area (TPSA) is 40.6 Å². The molecule has 1 rings (SSSR count). The average Bonchev–Trinajstić information content (AvgIpc) is 2.10. The molecule has 1 unspecified atom stereocenters. The van der Waals surface area contributed by atoms with Crippen LogP contribution in [0.5, 0.6) is 0 Å². The van der Waals surface area contributed by atoms with Crippen LogP contribution in [-0.4, -0.2) is 39.2 Å². The van der Waals surface area contributed by atoms with E-state index in [2.05, 4.69) is 12.6 Å². The third kappa shape index (κ3) is 1.39. The summed E-state index contributed by atoms with van der Waals surface area (Å²) in [6, 6.07) is -0.292. The van der Waals surface area contributed by atoms with Crippen LogP contribution in [0.1, 0.15) is 27.7 Å². The molecule has 0 aromatic carbocycles. The van der Waals surface area contributed by atoms with E-state index in [0.29, 0.717) is 0 Å². The summed E-state index contributed by atoms with van der Waals surface area (Å²) in [5, 5.41) is 0. The lowest BCUT2D eigenvalue weighted by Gasteiger charge is -2.38. The van der Waals surface area contributed by atoms with E-state index in [-0.39, 0.29) is 11.9 Å². The summed E-state index contributed by atoms with van der Waals surface area (Å²) in [4.78, 5) is 25.0. The highest BCUT2D eigenvalue weighted by Gasteiger charge is 2.54. The zero-order valence-corrected chi connectivity index (χ0v) is 10.1. The Balaban J connectivity index is 3.20. The van der Waals surface area contributed by atoms with Crippen LogP contribution in [0.4, 0.5) is 4.79 Å². The number of urea groups is 1. The predicted octanol–water partition coefficient (Wildman–Crippen LogP) is 1.32. The first-order chi connectivity index (χ1) is 6.10. The number of likely N-dealkylation sites (N-methyl/N-ethyl adjacent to an activating group) is 1. The smallest absolute Gasteiger partial charge is 0.296 e. The van der Waals surface area contributed by atoms with Gasteiger partial charge in [-0.05, 0) is 27.7 Å². The van der Waals surface area contributed by atoms with Crippen molar-refractivity contribution in [1.82, 2.24) is 9.80 Å². The Morgan fingerprint density at radius 1 is 1.29 bits per heavy atom. The van der Waals surface area contributed by atoms with Gasteiger partial charge in [0.25, 0.3) is 5.91 Å². The molecule has 0 N–H and O–H groups in total. The first-order valence-electron chi connectivity index (χ1n) is 4.45. The van der Waals surface area contributed by atoms with Crippen molar-refractivity contribution in [1.29, 1.82) is 0 Å². The first-order valence-corrected chi connectivity index (χ1v) is 4.89. The van der Waals surface area contributed by atoms with Crippen LogP contribution in [0.2, 0.25) is 0 Å². The molecule has 0 aliphatic carbocycles. The lowest BCUT2D eigenvalue weighted by atomic mass is 10.0. The van der Waals surface area contributed by atoms with Gasteiger partial charge in [0.2, 0.25) is 0 Å². The maximum absolute atomic E-state index is 11.8. The Morgan fingerprint density at radius 3 is 1.86 bits per heavy atom. The molecule has 0 saturated carbocycles. The van der Waals surface area contributed by atoms with Crippen LogP contribution in [0.3, 0.4) is 0 Å². The molecule has 80 valence electrons. The van der Waals surface area contributed by atoms with Crippen molar-refractivity contribution in [2.45, 2.75) is 38.1 Å². The van der Waals surface area contributed by atoms with Gasteiger partial charge in [-0.2, -0.15) is 0 Å². The Bertz CT molecular complexity index is 294. The molecular weight excluding hydrogens is 200 g/mol. The summed E-state index contributed by atoms with van der Waals surface area (Å²) in [5.74, 6) is -0.277. The van der Waals surface area contributed by atoms with Gasteiger partial charge in [0, 0.05) is 12.6 Å². The highest BCUT2D eigenvalue weighted by Crippen LogP contribution is 2.36. The molecule has 0 radical (unpaired) electrons. The Kier molecular flexibility index (Phi) is 2.34. The van der Waals surface area contributed by atoms with E-state index in [0.717, 1.165) is 4.90 Å². The average molecular weight is 216 g/mol. The van der Waals surface area contributed by atoms with Crippen molar-refractivity contribution in [2.75, 3.05) is 7.05 Å². The third-order valence-corrected chi connectivity index (χ3v) is 2.69. The standard InChI is InChI=1S/C9H16N2O2S/c1-8(2,3)11-7(13)10(5)6(12)9(11,4)14/h14H,1-5H3. The van der Waals surface area contributed by atoms with Gasteiger partial charge in [-0.1, -0.05) is 0 Å². The number of carbonyl (C=O) groups excluding carboxylic acids is 2. The van der Waals surface area contributed by atoms with Gasteiger partial charge in [0.05, 0.1) is 0 Å². The largest absolute Gasteiger partial charge is 0.328 e. The van der Waals surface area contributed by atoms with Crippen molar-refractivity contribution in [2.24, 2.45) is 0 Å². The highest BCUT2D eigenvalue weighted by atomic mass is 32.1. The lowest BCUT2D eigenvalue weighted by Crippen LogP contribution is -2.52. The maximum Gasteiger partial charge on any atom is 0.328 e. The Morgan fingerprint density at radius 2 is 1.71 bits per heavy atom. The number of imide groups is 1. The fourth-order valence-corrected chi connectivity index (χ4v) is 2.31. The zero-order chi connectivity index (χ0) is 11.3. The van der Waals surface area contributed by atoms with Gasteiger partial charge in [-0.25, -0.2) is 4.79 Å². The van der Waals surface area contributed by atoms with Crippen molar-refractivity contribution >= 4 is 24.6 Å². The van der Waals surface area contributed by atoms with Crippen LogP contribution in [0, 0.1) is 0 Å². The number of thiol groups is 1. The SMILES string of the molecule is CN1C(=O)N(C(C)(C)C)C(C)(S)C1=O. The van der Waals surface area contributed by atoms with Gasteiger partial charge in [0.1, 0.15) is 0 Å². The van der Waals surface area contributed by atoms with Gasteiger partial charge in [-0.3, -0.25) is 14.6 Å². The van der Waals surface area contributed by atoms with E-state index in [9.17, 15) is 9.59 Å². The molecule has 4 nitrogen and oxygen atoms in total. The summed E-state index contributed by atoms with van der Waals surface area (Å²) in [6.45, 7) is 7.29. The number of nitrogens with zero attached hydrogens (tertiary/aromatic N) is 2. The van der Waals surface area contributed by atoms with E-state index in [1.807, 2.05) is 20.8 Å². The van der Waals surface area contributed by atoms with Crippen molar-refractivity contribution in [3.63, 3.8) is 0 Å². The number of rotatable bonds is 0. The molecule has 1 saturated heterocycles. The molecule has 14 heavy (non-hydrogen) atoms. The molecule has 0 bridgehead atoms. The van der Waals surface area contributed by atoms with Gasteiger partial charge < -0.3 is 0 Å². The second-order valence-corrected chi connectivity index (χ2v) is 5.54. The summed E-state index contributed by atoms with van der Waals surface area (Å²) in [6.07, 6.45) is 0. The maximum atomic E-state index is 11.8. The first kappa shape index (κ1) is 11.4. The highest BCUT2D eigenvalue weighted by molar-refractivity contribution is 7.82. The molecule has 1 heterocycles. The number of hydrogen-bond donors (Lipinski definition) is 1. The summed E-state index contributed by atoms with van der Waals surface area (Å²) in [7, 11) is 1.48. The fraction of sp³-hybridized carbons (Fsp3) is 0.778. The fourth-order valence-electron chi connectivity index (χ4n) is 1.78. The van der Waals surface area contributed by atoms with Crippen molar-refractivity contribution in [3.05, 3.63) is 0 Å². The van der Waals surface area contributed by atoms with E-state index in [1.54, 1.807) is 6.92 Å². The molecule has 1 atom stereocenters. The number of hydrogen-bond acceptors (Lipinski definition) is 3. The summed E-state index contributed by atoms with van der Waals surface area (Å²) < 4.78 is 0. The lowest BCUT2D eigenvalue weighted by molar-refractivity contribution is -0.128. The third-order valence-electron chi connectivity index (χ3n) is 2.29. The Labute approximate surface area is 89.7 Å². The Hall–Kier alpha value is -0.710. The van der Waals surface area contributed by atoms with Crippen LogP contribution in [0.15, 0.2) is 0 Å². The molecule has 5 heteroatoms. The van der Waals surface area contributed by atoms with Crippen LogP contribution < -0.4 is 0 Å². The van der Waals surface area contributed by atoms with E-state index >= 15 is 0 Å². The summed E-state index contributed by atoms with van der Waals surface area (Å²) in [5.41, 5.74) is -0.409. The minimum atomic E-state index is -1.04. The van der Waals surface area contributed by atoms with Crippen molar-refractivity contribution in [3.8, 4) is 0 Å². The molecule has 1 aliphatic rings. The molecule has 0 spiro atoms. The second-order valence-electron chi connectivity index (χ2n) is 4.67. The molecule has 3 amide bonds. The molecule has 0 aromatic rings. The number of carbonyl (C=O) groups is 2. The van der Waals surface area contributed by atoms with Gasteiger partial charge >= 0.3 is 6.03 Å². The van der Waals surface area contributed by atoms with Crippen LogP contribution >= 0.6 is 12.6 Å². The van der Waals surface area contributed by atoms with Crippen LogP contribution in [-0.2, 0) is 4.79 Å². The second kappa shape index (κ2) is 2.89. The summed E-state index contributed by atoms with van der Waals surface area (Å²) >= 11 is 4.26. The molecule has 1 fully saturated rings. The monoisotopic (exact) mass is 216 g/mol. The quantitative estimate of drug-likeness (QED) is 0.490. The molecule has 1 aliphatic heterocycles. The van der Waals surface area contributed by atoms with E-state index in [1.165, 1.54) is 11.9 Å². The van der Waals surface area contributed by atoms with Crippen LogP contribution in [0.25, 0.3) is 0 Å². The minimum Gasteiger partial charge on any atom is -0.296 e. The van der Waals surface area contributed by atoms with Gasteiger partial charge in [0.15, 0.2) is 4.87 Å². The molecular formula is C9H16N2O2S. The minimum absolute atomic E-state index is 0.277. The normalized spacial score (nSPS) is 29.0. The molecule has 0 aromatic heterocycles. The van der Waals surface area contributed by atoms with Crippen molar-refractivity contribution < 1.29 is 9.59 Å². The van der Waals surface area contributed by atoms with E-state index < -0.39 is 10.4 Å².